The zero-order valence-corrected chi connectivity index (χ0v) is 18.1. The number of nitrogens with zero attached hydrogens (tertiary/aromatic N) is 3. The molecule has 2 aromatic carbocycles. The Morgan fingerprint density at radius 3 is 2.60 bits per heavy atom. The summed E-state index contributed by atoms with van der Waals surface area (Å²) in [5.41, 5.74) is -0.521. The van der Waals surface area contributed by atoms with Crippen LogP contribution >= 0.6 is 34.8 Å². The lowest BCUT2D eigenvalue weighted by Crippen LogP contribution is -2.49. The van der Waals surface area contributed by atoms with Gasteiger partial charge in [0.1, 0.15) is 0 Å². The van der Waals surface area contributed by atoms with Crippen LogP contribution in [0.4, 0.5) is 0 Å². The lowest BCUT2D eigenvalue weighted by molar-refractivity contribution is -0.0299. The molecule has 2 heterocycles. The summed E-state index contributed by atoms with van der Waals surface area (Å²) in [7, 11) is 0. The molecule has 3 aromatic rings. The lowest BCUT2D eigenvalue weighted by Gasteiger charge is -2.38. The highest BCUT2D eigenvalue weighted by Gasteiger charge is 2.35. The van der Waals surface area contributed by atoms with Gasteiger partial charge >= 0.3 is 0 Å². The third-order valence-corrected chi connectivity index (χ3v) is 6.47. The van der Waals surface area contributed by atoms with Crippen molar-refractivity contribution in [3.05, 3.63) is 73.7 Å². The first-order valence-corrected chi connectivity index (χ1v) is 10.5. The van der Waals surface area contributed by atoms with Crippen LogP contribution < -0.4 is 5.56 Å². The molecule has 1 amide bonds. The van der Waals surface area contributed by atoms with Crippen molar-refractivity contribution in [2.24, 2.45) is 0 Å². The van der Waals surface area contributed by atoms with E-state index in [9.17, 15) is 14.7 Å². The van der Waals surface area contributed by atoms with Crippen LogP contribution in [0.1, 0.15) is 23.2 Å². The Balaban J connectivity index is 1.49. The molecule has 0 saturated carbocycles. The number of hydrogen-bond acceptors (Lipinski definition) is 4. The van der Waals surface area contributed by atoms with Crippen molar-refractivity contribution in [1.82, 2.24) is 14.5 Å². The zero-order chi connectivity index (χ0) is 21.5. The van der Waals surface area contributed by atoms with Gasteiger partial charge in [-0.2, -0.15) is 0 Å². The van der Waals surface area contributed by atoms with E-state index in [4.69, 9.17) is 34.8 Å². The first kappa shape index (κ1) is 21.1. The molecule has 1 aliphatic heterocycles. The van der Waals surface area contributed by atoms with E-state index in [0.29, 0.717) is 52.4 Å². The Labute approximate surface area is 187 Å². The molecule has 1 aromatic heterocycles. The fourth-order valence-electron chi connectivity index (χ4n) is 3.68. The van der Waals surface area contributed by atoms with Gasteiger partial charge in [-0.3, -0.25) is 14.2 Å². The van der Waals surface area contributed by atoms with E-state index in [2.05, 4.69) is 4.98 Å². The van der Waals surface area contributed by atoms with Crippen molar-refractivity contribution in [3.8, 4) is 0 Å². The van der Waals surface area contributed by atoms with E-state index in [0.717, 1.165) is 0 Å². The quantitative estimate of drug-likeness (QED) is 0.632. The second-order valence-electron chi connectivity index (χ2n) is 7.46. The van der Waals surface area contributed by atoms with E-state index >= 15 is 0 Å². The molecule has 30 heavy (non-hydrogen) atoms. The SMILES string of the molecule is O=C(c1cccc(Cl)c1Cl)N1CCC(O)(Cn2cnc3cc(Cl)ccc3c2=O)CC1. The monoisotopic (exact) mass is 465 g/mol. The van der Waals surface area contributed by atoms with Crippen LogP contribution in [-0.4, -0.2) is 44.2 Å². The highest BCUT2D eigenvalue weighted by molar-refractivity contribution is 6.43. The van der Waals surface area contributed by atoms with E-state index in [1.54, 1.807) is 41.3 Å². The van der Waals surface area contributed by atoms with Crippen molar-refractivity contribution in [2.45, 2.75) is 25.0 Å². The molecule has 1 fully saturated rings. The number of aromatic nitrogens is 2. The third-order valence-electron chi connectivity index (χ3n) is 5.42. The van der Waals surface area contributed by atoms with Crippen LogP contribution in [0.25, 0.3) is 10.9 Å². The van der Waals surface area contributed by atoms with Gasteiger partial charge in [-0.1, -0.05) is 40.9 Å². The highest BCUT2D eigenvalue weighted by atomic mass is 35.5. The first-order valence-electron chi connectivity index (χ1n) is 9.38. The van der Waals surface area contributed by atoms with Crippen LogP contribution in [-0.2, 0) is 6.54 Å². The van der Waals surface area contributed by atoms with E-state index < -0.39 is 5.60 Å². The number of carbonyl (C=O) groups excluding carboxylic acids is 1. The lowest BCUT2D eigenvalue weighted by atomic mass is 9.91. The predicted octanol–water partition coefficient (Wildman–Crippen LogP) is 4.02. The fourth-order valence-corrected chi connectivity index (χ4v) is 4.23. The minimum Gasteiger partial charge on any atom is -0.388 e. The smallest absolute Gasteiger partial charge is 0.261 e. The molecule has 0 spiro atoms. The summed E-state index contributed by atoms with van der Waals surface area (Å²) < 4.78 is 1.40. The Morgan fingerprint density at radius 1 is 1.13 bits per heavy atom. The molecule has 0 radical (unpaired) electrons. The fraction of sp³-hybridized carbons (Fsp3) is 0.286. The number of carbonyl (C=O) groups is 1. The van der Waals surface area contributed by atoms with E-state index in [1.165, 1.54) is 10.9 Å². The number of fused-ring (bicyclic) bond motifs is 1. The number of benzene rings is 2. The van der Waals surface area contributed by atoms with Gasteiger partial charge in [0.2, 0.25) is 0 Å². The van der Waals surface area contributed by atoms with Gasteiger partial charge < -0.3 is 10.0 Å². The third kappa shape index (κ3) is 4.05. The van der Waals surface area contributed by atoms with Crippen molar-refractivity contribution >= 4 is 51.6 Å². The second kappa shape index (κ2) is 8.19. The van der Waals surface area contributed by atoms with E-state index in [-0.39, 0.29) is 23.0 Å². The molecule has 0 atom stereocenters. The minimum absolute atomic E-state index is 0.0946. The summed E-state index contributed by atoms with van der Waals surface area (Å²) in [6.45, 7) is 0.768. The number of likely N-dealkylation sites (tertiary alicyclic amines) is 1. The van der Waals surface area contributed by atoms with Crippen molar-refractivity contribution in [1.29, 1.82) is 0 Å². The Bertz CT molecular complexity index is 1190. The molecule has 1 aliphatic rings. The van der Waals surface area contributed by atoms with Gasteiger partial charge in [-0.15, -0.1) is 0 Å². The summed E-state index contributed by atoms with van der Waals surface area (Å²) >= 11 is 18.1. The van der Waals surface area contributed by atoms with Crippen LogP contribution in [0.15, 0.2) is 47.5 Å². The number of amides is 1. The number of piperidine rings is 1. The average molecular weight is 467 g/mol. The number of halogens is 3. The summed E-state index contributed by atoms with van der Waals surface area (Å²) in [6, 6.07) is 9.82. The van der Waals surface area contributed by atoms with Gasteiger partial charge in [0.05, 0.1) is 45.0 Å². The maximum atomic E-state index is 12.8. The minimum atomic E-state index is -1.12. The normalized spacial score (nSPS) is 16.1. The van der Waals surface area contributed by atoms with Crippen molar-refractivity contribution in [3.63, 3.8) is 0 Å². The van der Waals surface area contributed by atoms with Crippen LogP contribution in [0.2, 0.25) is 15.1 Å². The zero-order valence-electron chi connectivity index (χ0n) is 15.8. The van der Waals surface area contributed by atoms with Gasteiger partial charge in [-0.05, 0) is 43.2 Å². The first-order chi connectivity index (χ1) is 14.3. The standard InChI is InChI=1S/C21H18Cl3N3O3/c22-13-4-5-14-17(10-13)25-12-27(19(14)28)11-21(30)6-8-26(9-7-21)20(29)15-2-1-3-16(23)18(15)24/h1-5,10,12,30H,6-9,11H2. The molecule has 156 valence electrons. The number of aliphatic hydroxyl groups is 1. The molecule has 1 N–H and O–H groups in total. The maximum Gasteiger partial charge on any atom is 0.261 e. The van der Waals surface area contributed by atoms with Crippen LogP contribution in [0, 0.1) is 0 Å². The van der Waals surface area contributed by atoms with Gasteiger partial charge in [0.25, 0.3) is 11.5 Å². The molecule has 0 aliphatic carbocycles. The second-order valence-corrected chi connectivity index (χ2v) is 8.68. The van der Waals surface area contributed by atoms with E-state index in [1.807, 2.05) is 0 Å². The molecular weight excluding hydrogens is 449 g/mol. The molecule has 4 rings (SSSR count). The highest BCUT2D eigenvalue weighted by Crippen LogP contribution is 2.29. The van der Waals surface area contributed by atoms with Gasteiger partial charge in [0, 0.05) is 18.1 Å². The summed E-state index contributed by atoms with van der Waals surface area (Å²) in [6.07, 6.45) is 2.06. The maximum absolute atomic E-state index is 12.8. The average Bonchev–Trinajstić information content (AvgIpc) is 2.72. The Kier molecular flexibility index (Phi) is 5.77. The van der Waals surface area contributed by atoms with Crippen LogP contribution in [0.3, 0.4) is 0 Å². The molecule has 9 heteroatoms. The summed E-state index contributed by atoms with van der Waals surface area (Å²) in [5, 5.41) is 12.5. The van der Waals surface area contributed by atoms with Gasteiger partial charge in [-0.25, -0.2) is 4.98 Å². The number of hydrogen-bond donors (Lipinski definition) is 1. The largest absolute Gasteiger partial charge is 0.388 e. The van der Waals surface area contributed by atoms with Crippen molar-refractivity contribution in [2.75, 3.05) is 13.1 Å². The molecular formula is C21H18Cl3N3O3. The predicted molar refractivity (Wildman–Crippen MR) is 118 cm³/mol. The topological polar surface area (TPSA) is 75.4 Å². The molecule has 0 unspecified atom stereocenters. The molecule has 6 nitrogen and oxygen atoms in total. The molecule has 0 bridgehead atoms. The number of rotatable bonds is 3. The van der Waals surface area contributed by atoms with Gasteiger partial charge in [0.15, 0.2) is 0 Å². The van der Waals surface area contributed by atoms with Crippen molar-refractivity contribution < 1.29 is 9.90 Å². The van der Waals surface area contributed by atoms with Crippen LogP contribution in [0.5, 0.6) is 0 Å². The summed E-state index contributed by atoms with van der Waals surface area (Å²) in [4.78, 5) is 31.5. The Morgan fingerprint density at radius 2 is 1.87 bits per heavy atom. The molecule has 1 saturated heterocycles. The summed E-state index contributed by atoms with van der Waals surface area (Å²) in [5.74, 6) is -0.231. The Hall–Kier alpha value is -2.12.